The number of halogens is 2. The van der Waals surface area contributed by atoms with Crippen molar-refractivity contribution in [3.63, 3.8) is 0 Å². The highest BCUT2D eigenvalue weighted by atomic mass is 19.1. The lowest BCUT2D eigenvalue weighted by Gasteiger charge is -2.33. The summed E-state index contributed by atoms with van der Waals surface area (Å²) in [7, 11) is 0. The molecule has 0 unspecified atom stereocenters. The fourth-order valence-electron chi connectivity index (χ4n) is 5.86. The first-order valence-corrected chi connectivity index (χ1v) is 16.8. The van der Waals surface area contributed by atoms with E-state index in [9.17, 15) is 9.59 Å². The van der Waals surface area contributed by atoms with Gasteiger partial charge in [0.1, 0.15) is 34.1 Å². The van der Waals surface area contributed by atoms with Gasteiger partial charge < -0.3 is 29.6 Å². The topological polar surface area (TPSA) is 136 Å². The van der Waals surface area contributed by atoms with Crippen LogP contribution in [0.5, 0.6) is 0 Å². The predicted molar refractivity (Wildman–Crippen MR) is 188 cm³/mol. The van der Waals surface area contributed by atoms with E-state index < -0.39 is 28.8 Å². The predicted octanol–water partition coefficient (Wildman–Crippen LogP) is 7.81. The van der Waals surface area contributed by atoms with Gasteiger partial charge in [-0.25, -0.2) is 38.3 Å². The number of likely N-dealkylation sites (tertiary alicyclic amines) is 1. The molecule has 0 radical (unpaired) electrons. The molecule has 1 aliphatic rings. The summed E-state index contributed by atoms with van der Waals surface area (Å²) in [5.41, 5.74) is 0.0254. The maximum absolute atomic E-state index is 15.2. The molecule has 1 aliphatic heterocycles. The third-order valence-electron chi connectivity index (χ3n) is 8.03. The Bertz CT molecular complexity index is 1890. The number of anilines is 3. The first-order valence-electron chi connectivity index (χ1n) is 16.8. The minimum absolute atomic E-state index is 0.00187. The van der Waals surface area contributed by atoms with Crippen LogP contribution in [0.2, 0.25) is 0 Å². The van der Waals surface area contributed by atoms with E-state index in [4.69, 9.17) is 9.47 Å². The Balaban J connectivity index is 1.36. The summed E-state index contributed by atoms with van der Waals surface area (Å²) in [5.74, 6) is -0.857. The van der Waals surface area contributed by atoms with Crippen LogP contribution in [0.25, 0.3) is 22.3 Å². The summed E-state index contributed by atoms with van der Waals surface area (Å²) >= 11 is 0. The number of esters is 1. The number of ether oxygens (including phenoxy) is 2. The number of hydrogen-bond acceptors (Lipinski definition) is 10. The molecule has 12 nitrogen and oxygen atoms in total. The zero-order chi connectivity index (χ0) is 36.5. The number of aromatic nitrogens is 5. The van der Waals surface area contributed by atoms with Crippen molar-refractivity contribution < 1.29 is 27.8 Å². The number of pyridine rings is 1. The second-order valence-electron chi connectivity index (χ2n) is 14.8. The van der Waals surface area contributed by atoms with Crippen LogP contribution in [-0.2, 0) is 9.47 Å². The number of nitrogens with one attached hydrogen (secondary N) is 2. The van der Waals surface area contributed by atoms with Gasteiger partial charge in [0.15, 0.2) is 17.3 Å². The highest BCUT2D eigenvalue weighted by Gasteiger charge is 2.28. The van der Waals surface area contributed by atoms with Crippen molar-refractivity contribution in [2.45, 2.75) is 92.4 Å². The van der Waals surface area contributed by atoms with Crippen molar-refractivity contribution in [1.29, 1.82) is 0 Å². The second-order valence-corrected chi connectivity index (χ2v) is 14.8. The normalized spacial score (nSPS) is 14.3. The maximum atomic E-state index is 15.2. The van der Waals surface area contributed by atoms with Crippen molar-refractivity contribution in [3.8, 4) is 11.3 Å². The Morgan fingerprint density at radius 3 is 2.28 bits per heavy atom. The smallest absolute Gasteiger partial charge is 0.410 e. The van der Waals surface area contributed by atoms with Gasteiger partial charge in [-0.3, -0.25) is 0 Å². The number of hydrogen-bond donors (Lipinski definition) is 2. The van der Waals surface area contributed by atoms with Crippen LogP contribution in [0.4, 0.5) is 31.0 Å². The SMILES string of the molecule is Cc1nc2c(F)cc(-c3nc(Nc4ccc(NCC5CCN(C(=O)OC(C)(C)C)CC5)c(C(=O)OC(C)(C)C)n4)ncc3F)cc2n1C(C)C. The number of amides is 1. The van der Waals surface area contributed by atoms with Crippen LogP contribution in [0.15, 0.2) is 30.5 Å². The van der Waals surface area contributed by atoms with E-state index in [0.29, 0.717) is 36.7 Å². The lowest BCUT2D eigenvalue weighted by Crippen LogP contribution is -2.42. The number of piperidine rings is 1. The van der Waals surface area contributed by atoms with Gasteiger partial charge in [0.05, 0.1) is 17.4 Å². The third kappa shape index (κ3) is 8.64. The molecular weight excluding hydrogens is 646 g/mol. The molecule has 2 N–H and O–H groups in total. The van der Waals surface area contributed by atoms with Gasteiger partial charge in [-0.05, 0) is 105 Å². The quantitative estimate of drug-likeness (QED) is 0.176. The third-order valence-corrected chi connectivity index (χ3v) is 8.03. The molecule has 0 saturated carbocycles. The molecule has 1 fully saturated rings. The minimum Gasteiger partial charge on any atom is -0.455 e. The zero-order valence-corrected chi connectivity index (χ0v) is 30.1. The molecule has 0 atom stereocenters. The van der Waals surface area contributed by atoms with E-state index >= 15 is 8.78 Å². The first kappa shape index (κ1) is 36.4. The fourth-order valence-corrected chi connectivity index (χ4v) is 5.86. The van der Waals surface area contributed by atoms with Crippen molar-refractivity contribution >= 4 is 40.5 Å². The van der Waals surface area contributed by atoms with Gasteiger partial charge in [0.2, 0.25) is 5.95 Å². The van der Waals surface area contributed by atoms with Gasteiger partial charge in [-0.1, -0.05) is 0 Å². The molecule has 50 heavy (non-hydrogen) atoms. The molecule has 1 aromatic carbocycles. The molecule has 4 heterocycles. The van der Waals surface area contributed by atoms with Crippen LogP contribution >= 0.6 is 0 Å². The van der Waals surface area contributed by atoms with E-state index in [1.165, 1.54) is 6.07 Å². The van der Waals surface area contributed by atoms with E-state index in [1.54, 1.807) is 50.8 Å². The summed E-state index contributed by atoms with van der Waals surface area (Å²) in [6, 6.07) is 6.21. The van der Waals surface area contributed by atoms with Crippen molar-refractivity contribution in [2.75, 3.05) is 30.3 Å². The molecule has 0 bridgehead atoms. The van der Waals surface area contributed by atoms with E-state index in [2.05, 4.69) is 30.6 Å². The monoisotopic (exact) mass is 692 g/mol. The van der Waals surface area contributed by atoms with Crippen molar-refractivity contribution in [2.24, 2.45) is 5.92 Å². The Morgan fingerprint density at radius 1 is 0.960 bits per heavy atom. The van der Waals surface area contributed by atoms with Gasteiger partial charge in [-0.15, -0.1) is 0 Å². The average molecular weight is 693 g/mol. The lowest BCUT2D eigenvalue weighted by atomic mass is 9.97. The van der Waals surface area contributed by atoms with Crippen molar-refractivity contribution in [3.05, 3.63) is 53.6 Å². The van der Waals surface area contributed by atoms with Crippen LogP contribution in [0.3, 0.4) is 0 Å². The molecule has 4 aromatic rings. The molecule has 0 aliphatic carbocycles. The number of carbonyl (C=O) groups is 2. The second kappa shape index (κ2) is 14.2. The van der Waals surface area contributed by atoms with Gasteiger partial charge in [0.25, 0.3) is 0 Å². The van der Waals surface area contributed by atoms with Gasteiger partial charge >= 0.3 is 12.1 Å². The molecular formula is C36H46F2N8O4. The summed E-state index contributed by atoms with van der Waals surface area (Å²) in [6.45, 7) is 18.2. The number of fused-ring (bicyclic) bond motifs is 1. The van der Waals surface area contributed by atoms with Crippen LogP contribution in [0, 0.1) is 24.5 Å². The Kier molecular flexibility index (Phi) is 10.3. The Hall–Kier alpha value is -4.88. The Labute approximate surface area is 291 Å². The number of nitrogens with zero attached hydrogens (tertiary/aromatic N) is 6. The van der Waals surface area contributed by atoms with E-state index in [1.807, 2.05) is 39.2 Å². The number of rotatable bonds is 8. The number of carbonyl (C=O) groups excluding carboxylic acids is 2. The molecule has 14 heteroatoms. The van der Waals surface area contributed by atoms with Gasteiger partial charge in [-0.2, -0.15) is 0 Å². The summed E-state index contributed by atoms with van der Waals surface area (Å²) in [4.78, 5) is 44.8. The van der Waals surface area contributed by atoms with E-state index in [-0.39, 0.29) is 52.3 Å². The molecule has 5 rings (SSSR count). The Morgan fingerprint density at radius 2 is 1.64 bits per heavy atom. The molecule has 3 aromatic heterocycles. The lowest BCUT2D eigenvalue weighted by molar-refractivity contribution is 0.00627. The summed E-state index contributed by atoms with van der Waals surface area (Å²) in [6.07, 6.45) is 2.21. The first-order chi connectivity index (χ1) is 23.4. The van der Waals surface area contributed by atoms with Gasteiger partial charge in [0, 0.05) is 31.2 Å². The van der Waals surface area contributed by atoms with E-state index in [0.717, 1.165) is 19.0 Å². The molecule has 0 spiro atoms. The fraction of sp³-hybridized carbons (Fsp3) is 0.500. The minimum atomic E-state index is -0.775. The highest BCUT2D eigenvalue weighted by Crippen LogP contribution is 2.31. The highest BCUT2D eigenvalue weighted by molar-refractivity contribution is 5.94. The maximum Gasteiger partial charge on any atom is 0.410 e. The molecule has 268 valence electrons. The standard InChI is InChI=1S/C36H46F2N8O4/c1-20(2)46-21(3)41-30-24(37)16-23(17-27(30)46)29-25(38)19-40-33(44-29)43-28-11-10-26(31(42-28)32(47)49-35(4,5)6)39-18-22-12-14-45(15-13-22)34(48)50-36(7,8)9/h10-11,16-17,19-20,22,39H,12-15,18H2,1-9H3,(H,40,42,43,44). The van der Waals surface area contributed by atoms with Crippen LogP contribution in [-0.4, -0.2) is 72.3 Å². The number of imidazole rings is 1. The number of benzene rings is 1. The summed E-state index contributed by atoms with van der Waals surface area (Å²) in [5, 5.41) is 6.30. The average Bonchev–Trinajstić information content (AvgIpc) is 3.36. The molecule has 1 amide bonds. The van der Waals surface area contributed by atoms with Crippen LogP contribution < -0.4 is 10.6 Å². The summed E-state index contributed by atoms with van der Waals surface area (Å²) < 4.78 is 43.4. The number of aryl methyl sites for hydroxylation is 1. The molecule has 1 saturated heterocycles. The van der Waals surface area contributed by atoms with Crippen LogP contribution in [0.1, 0.15) is 90.6 Å². The largest absolute Gasteiger partial charge is 0.455 e. The van der Waals surface area contributed by atoms with Crippen molar-refractivity contribution in [1.82, 2.24) is 29.4 Å². The zero-order valence-electron chi connectivity index (χ0n) is 30.1.